The normalized spacial score (nSPS) is 13.6. The molecule has 0 fully saturated rings. The number of dihydropyridines is 1. The molecule has 0 saturated carbocycles. The van der Waals surface area contributed by atoms with Gasteiger partial charge in [-0.1, -0.05) is 30.3 Å². The first-order valence-electron chi connectivity index (χ1n) is 10.5. The minimum Gasteiger partial charge on any atom is -0.322 e. The summed E-state index contributed by atoms with van der Waals surface area (Å²) in [6.45, 7) is -0.0207. The van der Waals surface area contributed by atoms with E-state index >= 15 is 0 Å². The van der Waals surface area contributed by atoms with Crippen LogP contribution in [-0.4, -0.2) is 40.0 Å². The van der Waals surface area contributed by atoms with E-state index in [1.54, 1.807) is 31.3 Å². The fraction of sp³-hybridized carbons (Fsp3) is 0.167. The van der Waals surface area contributed by atoms with Crippen LogP contribution in [0.5, 0.6) is 0 Å². The third kappa shape index (κ3) is 5.29. The van der Waals surface area contributed by atoms with Crippen molar-refractivity contribution in [1.82, 2.24) is 9.78 Å². The van der Waals surface area contributed by atoms with Crippen molar-refractivity contribution in [3.8, 4) is 11.3 Å². The van der Waals surface area contributed by atoms with Gasteiger partial charge in [-0.2, -0.15) is 18.3 Å². The van der Waals surface area contributed by atoms with Gasteiger partial charge in [0.15, 0.2) is 5.71 Å². The maximum absolute atomic E-state index is 13.9. The second-order valence-electron chi connectivity index (χ2n) is 7.64. The van der Waals surface area contributed by atoms with Gasteiger partial charge < -0.3 is 10.6 Å². The van der Waals surface area contributed by atoms with E-state index in [9.17, 15) is 27.2 Å². The summed E-state index contributed by atoms with van der Waals surface area (Å²) in [6.07, 6.45) is -3.24. The molecule has 0 bridgehead atoms. The zero-order chi connectivity index (χ0) is 25.2. The summed E-state index contributed by atoms with van der Waals surface area (Å²) in [6, 6.07) is 13.5. The standard InChI is InChI=1S/C24H19F4N5O2/c1-33-20(31-22(34)16-5-2-3-7-18(16)25)13-19(32-33)14-8-10-15(11-9-14)30-23(35)17-6-4-12-29-21(17)24(26,27)28/h2-3,5-11,13H,4,12H2,1H3,(H,30,35)(H,31,34). The van der Waals surface area contributed by atoms with E-state index < -0.39 is 35.1 Å². The Morgan fingerprint density at radius 3 is 2.40 bits per heavy atom. The predicted molar refractivity (Wildman–Crippen MR) is 123 cm³/mol. The number of alkyl halides is 3. The highest BCUT2D eigenvalue weighted by Crippen LogP contribution is 2.27. The molecule has 2 aromatic carbocycles. The van der Waals surface area contributed by atoms with Crippen molar-refractivity contribution in [2.45, 2.75) is 12.6 Å². The lowest BCUT2D eigenvalue weighted by molar-refractivity contribution is -0.113. The summed E-state index contributed by atoms with van der Waals surface area (Å²) in [5, 5.41) is 9.38. The zero-order valence-corrected chi connectivity index (χ0v) is 18.4. The van der Waals surface area contributed by atoms with Crippen LogP contribution in [0, 0.1) is 5.82 Å². The molecule has 11 heteroatoms. The second-order valence-corrected chi connectivity index (χ2v) is 7.64. The van der Waals surface area contributed by atoms with Crippen LogP contribution in [0.1, 0.15) is 16.8 Å². The van der Waals surface area contributed by atoms with E-state index in [-0.39, 0.29) is 24.2 Å². The predicted octanol–water partition coefficient (Wildman–Crippen LogP) is 4.75. The number of halogens is 4. The Kier molecular flexibility index (Phi) is 6.50. The number of aromatic nitrogens is 2. The smallest absolute Gasteiger partial charge is 0.322 e. The molecule has 0 saturated heterocycles. The fourth-order valence-corrected chi connectivity index (χ4v) is 3.49. The first-order valence-corrected chi connectivity index (χ1v) is 10.5. The van der Waals surface area contributed by atoms with Gasteiger partial charge in [0.2, 0.25) is 0 Å². The molecule has 1 aliphatic heterocycles. The van der Waals surface area contributed by atoms with E-state index in [2.05, 4.69) is 20.7 Å². The van der Waals surface area contributed by atoms with Crippen LogP contribution in [0.3, 0.4) is 0 Å². The molecular weight excluding hydrogens is 466 g/mol. The SMILES string of the molecule is Cn1nc(-c2ccc(NC(=O)C3=CCCN=C3C(F)(F)F)cc2)cc1NC(=O)c1ccccc1F. The molecule has 2 heterocycles. The van der Waals surface area contributed by atoms with Gasteiger partial charge in [-0.3, -0.25) is 19.3 Å². The van der Waals surface area contributed by atoms with Crippen LogP contribution in [0.4, 0.5) is 29.1 Å². The Labute approximate surface area is 197 Å². The molecule has 1 aliphatic rings. The van der Waals surface area contributed by atoms with E-state index in [1.807, 2.05) is 0 Å². The molecule has 3 aromatic rings. The molecule has 0 radical (unpaired) electrons. The Balaban J connectivity index is 1.46. The molecule has 4 rings (SSSR count). The van der Waals surface area contributed by atoms with Gasteiger partial charge >= 0.3 is 6.18 Å². The highest BCUT2D eigenvalue weighted by Gasteiger charge is 2.41. The number of rotatable bonds is 5. The maximum atomic E-state index is 13.9. The van der Waals surface area contributed by atoms with Gasteiger partial charge in [0.05, 0.1) is 16.8 Å². The number of amides is 2. The average Bonchev–Trinajstić information content (AvgIpc) is 3.19. The van der Waals surface area contributed by atoms with Gasteiger partial charge in [0.25, 0.3) is 11.8 Å². The number of nitrogens with one attached hydrogen (secondary N) is 2. The number of nitrogens with zero attached hydrogens (tertiary/aromatic N) is 3. The molecule has 1 aromatic heterocycles. The highest BCUT2D eigenvalue weighted by atomic mass is 19.4. The summed E-state index contributed by atoms with van der Waals surface area (Å²) >= 11 is 0. The van der Waals surface area contributed by atoms with E-state index in [1.165, 1.54) is 41.1 Å². The molecule has 0 spiro atoms. The molecule has 35 heavy (non-hydrogen) atoms. The van der Waals surface area contributed by atoms with Crippen molar-refractivity contribution in [2.75, 3.05) is 17.2 Å². The largest absolute Gasteiger partial charge is 0.433 e. The monoisotopic (exact) mass is 485 g/mol. The molecular formula is C24H19F4N5O2. The summed E-state index contributed by atoms with van der Waals surface area (Å²) < 4.78 is 54.7. The van der Waals surface area contributed by atoms with Crippen molar-refractivity contribution in [2.24, 2.45) is 12.0 Å². The zero-order valence-electron chi connectivity index (χ0n) is 18.4. The minimum absolute atomic E-state index is 0.0207. The van der Waals surface area contributed by atoms with Crippen LogP contribution < -0.4 is 10.6 Å². The fourth-order valence-electron chi connectivity index (χ4n) is 3.49. The quantitative estimate of drug-likeness (QED) is 0.512. The van der Waals surface area contributed by atoms with Gasteiger partial charge in [-0.25, -0.2) is 4.39 Å². The number of carbonyl (C=O) groups is 2. The maximum Gasteiger partial charge on any atom is 0.433 e. The van der Waals surface area contributed by atoms with Crippen molar-refractivity contribution >= 4 is 29.0 Å². The van der Waals surface area contributed by atoms with Gasteiger partial charge in [-0.15, -0.1) is 0 Å². The summed E-state index contributed by atoms with van der Waals surface area (Å²) in [4.78, 5) is 28.3. The van der Waals surface area contributed by atoms with Gasteiger partial charge in [0.1, 0.15) is 11.6 Å². The van der Waals surface area contributed by atoms with Crippen molar-refractivity contribution in [1.29, 1.82) is 0 Å². The molecule has 0 aliphatic carbocycles. The average molecular weight is 485 g/mol. The van der Waals surface area contributed by atoms with Crippen LogP contribution in [0.25, 0.3) is 11.3 Å². The lowest BCUT2D eigenvalue weighted by Crippen LogP contribution is -2.33. The first-order chi connectivity index (χ1) is 16.6. The Morgan fingerprint density at radius 2 is 1.71 bits per heavy atom. The van der Waals surface area contributed by atoms with Crippen molar-refractivity contribution in [3.05, 3.63) is 77.6 Å². The minimum atomic E-state index is -4.72. The Hall–Kier alpha value is -4.28. The molecule has 0 atom stereocenters. The number of carbonyl (C=O) groups excluding carboxylic acids is 2. The second kappa shape index (κ2) is 9.53. The van der Waals surface area contributed by atoms with E-state index in [4.69, 9.17) is 0 Å². The third-order valence-electron chi connectivity index (χ3n) is 5.19. The number of benzene rings is 2. The summed E-state index contributed by atoms with van der Waals surface area (Å²) in [5.41, 5.74) is -0.405. The molecule has 2 amide bonds. The lowest BCUT2D eigenvalue weighted by Gasteiger charge is -2.17. The number of hydrogen-bond donors (Lipinski definition) is 2. The van der Waals surface area contributed by atoms with Gasteiger partial charge in [-0.05, 0) is 30.7 Å². The van der Waals surface area contributed by atoms with Crippen LogP contribution >= 0.6 is 0 Å². The molecule has 2 N–H and O–H groups in total. The Morgan fingerprint density at radius 1 is 1.00 bits per heavy atom. The molecule has 180 valence electrons. The number of aryl methyl sites for hydroxylation is 1. The Bertz CT molecular complexity index is 1340. The third-order valence-corrected chi connectivity index (χ3v) is 5.19. The number of hydrogen-bond acceptors (Lipinski definition) is 4. The first kappa shape index (κ1) is 23.9. The van der Waals surface area contributed by atoms with E-state index in [0.717, 1.165) is 0 Å². The van der Waals surface area contributed by atoms with E-state index in [0.29, 0.717) is 17.1 Å². The van der Waals surface area contributed by atoms with Crippen molar-refractivity contribution in [3.63, 3.8) is 0 Å². The summed E-state index contributed by atoms with van der Waals surface area (Å²) in [5.74, 6) is -1.85. The number of aliphatic imine (C=N–C) groups is 1. The van der Waals surface area contributed by atoms with Crippen LogP contribution in [0.2, 0.25) is 0 Å². The molecule has 0 unspecified atom stereocenters. The lowest BCUT2D eigenvalue weighted by atomic mass is 10.0. The van der Waals surface area contributed by atoms with Crippen LogP contribution in [0.15, 0.2) is 71.2 Å². The van der Waals surface area contributed by atoms with Crippen LogP contribution in [-0.2, 0) is 11.8 Å². The number of anilines is 2. The summed E-state index contributed by atoms with van der Waals surface area (Å²) in [7, 11) is 1.60. The van der Waals surface area contributed by atoms with Gasteiger partial charge in [0, 0.05) is 30.9 Å². The van der Waals surface area contributed by atoms with Crippen molar-refractivity contribution < 1.29 is 27.2 Å². The highest BCUT2D eigenvalue weighted by molar-refractivity contribution is 6.27. The topological polar surface area (TPSA) is 88.4 Å². The molecule has 7 nitrogen and oxygen atoms in total.